The first kappa shape index (κ1) is 7.28. The van der Waals surface area contributed by atoms with Gasteiger partial charge >= 0.3 is 0 Å². The zero-order valence-corrected chi connectivity index (χ0v) is 6.33. The maximum atomic E-state index is 3.78. The van der Waals surface area contributed by atoms with Crippen LogP contribution in [-0.2, 0) is 0 Å². The number of hydrogen-bond donors (Lipinski definition) is 1. The van der Waals surface area contributed by atoms with Gasteiger partial charge in [0.25, 0.3) is 0 Å². The molecule has 10 heavy (non-hydrogen) atoms. The lowest BCUT2D eigenvalue weighted by Crippen LogP contribution is -2.42. The number of aliphatic imine (C=N–C) groups is 1. The molecule has 0 saturated heterocycles. The molecular formula is C7H12N3. The zero-order chi connectivity index (χ0) is 7.40. The van der Waals surface area contributed by atoms with Gasteiger partial charge in [0.15, 0.2) is 6.34 Å². The molecule has 1 radical (unpaired) electrons. The van der Waals surface area contributed by atoms with Crippen LogP contribution in [0.5, 0.6) is 0 Å². The first-order valence-corrected chi connectivity index (χ1v) is 3.42. The smallest absolute Gasteiger partial charge is 0.170 e. The van der Waals surface area contributed by atoms with Crippen molar-refractivity contribution >= 4 is 6.34 Å². The van der Waals surface area contributed by atoms with Crippen molar-refractivity contribution in [3.05, 3.63) is 12.3 Å². The molecule has 0 saturated carbocycles. The molecule has 0 amide bonds. The second kappa shape index (κ2) is 3.37. The molecule has 0 aromatic carbocycles. The van der Waals surface area contributed by atoms with Gasteiger partial charge in [-0.2, -0.15) is 0 Å². The standard InChI is InChI=1S/C7H12N3/c1-3-10(2)7-4-5-8-6-9-7/h4-5,7H,3H2,1-2H3,(H,8,9). The minimum Gasteiger partial charge on any atom is -0.348 e. The maximum Gasteiger partial charge on any atom is 0.170 e. The van der Waals surface area contributed by atoms with E-state index >= 15 is 0 Å². The topological polar surface area (TPSA) is 27.6 Å². The van der Waals surface area contributed by atoms with Gasteiger partial charge in [0.05, 0.1) is 0 Å². The van der Waals surface area contributed by atoms with Crippen LogP contribution in [-0.4, -0.2) is 31.0 Å². The third-order valence-corrected chi connectivity index (χ3v) is 1.59. The molecule has 0 aromatic rings. The highest BCUT2D eigenvalue weighted by molar-refractivity contribution is 5.57. The highest BCUT2D eigenvalue weighted by atomic mass is 15.2. The number of nitrogens with zero attached hydrogens (tertiary/aromatic N) is 2. The molecule has 1 unspecified atom stereocenters. The average Bonchev–Trinajstić information content (AvgIpc) is 2.05. The molecule has 0 fully saturated rings. The summed E-state index contributed by atoms with van der Waals surface area (Å²) in [7, 11) is 2.05. The van der Waals surface area contributed by atoms with Crippen molar-refractivity contribution in [3.8, 4) is 0 Å². The van der Waals surface area contributed by atoms with E-state index in [2.05, 4.69) is 35.5 Å². The summed E-state index contributed by atoms with van der Waals surface area (Å²) < 4.78 is 0. The summed E-state index contributed by atoms with van der Waals surface area (Å²) in [6.07, 6.45) is 6.72. The van der Waals surface area contributed by atoms with Gasteiger partial charge in [0, 0.05) is 6.20 Å². The van der Waals surface area contributed by atoms with Gasteiger partial charge in [-0.25, -0.2) is 4.99 Å². The van der Waals surface area contributed by atoms with E-state index in [0.29, 0.717) is 0 Å². The molecule has 1 rings (SSSR count). The van der Waals surface area contributed by atoms with E-state index in [-0.39, 0.29) is 6.17 Å². The lowest BCUT2D eigenvalue weighted by atomic mass is 10.4. The predicted molar refractivity (Wildman–Crippen MR) is 41.8 cm³/mol. The molecule has 0 spiro atoms. The Bertz CT molecular complexity index is 151. The first-order chi connectivity index (χ1) is 4.84. The minimum atomic E-state index is 0.266. The van der Waals surface area contributed by atoms with Crippen LogP contribution in [0.15, 0.2) is 17.3 Å². The van der Waals surface area contributed by atoms with E-state index in [1.165, 1.54) is 0 Å². The van der Waals surface area contributed by atoms with E-state index < -0.39 is 0 Å². The fourth-order valence-corrected chi connectivity index (χ4v) is 0.767. The summed E-state index contributed by atoms with van der Waals surface area (Å²) in [5.41, 5.74) is 0. The van der Waals surface area contributed by atoms with E-state index in [4.69, 9.17) is 0 Å². The van der Waals surface area contributed by atoms with Crippen molar-refractivity contribution in [1.29, 1.82) is 0 Å². The van der Waals surface area contributed by atoms with Gasteiger partial charge in [-0.3, -0.25) is 4.90 Å². The fourth-order valence-electron chi connectivity index (χ4n) is 0.767. The van der Waals surface area contributed by atoms with Crippen LogP contribution in [0.3, 0.4) is 0 Å². The molecule has 0 aromatic heterocycles. The van der Waals surface area contributed by atoms with Crippen molar-refractivity contribution < 1.29 is 0 Å². The minimum absolute atomic E-state index is 0.266. The Morgan fingerprint density at radius 1 is 1.80 bits per heavy atom. The van der Waals surface area contributed by atoms with Crippen molar-refractivity contribution in [2.24, 2.45) is 4.99 Å². The van der Waals surface area contributed by atoms with Crippen LogP contribution in [0.4, 0.5) is 0 Å². The number of hydrogen-bond acceptors (Lipinski definition) is 3. The van der Waals surface area contributed by atoms with Crippen molar-refractivity contribution in [3.63, 3.8) is 0 Å². The average molecular weight is 138 g/mol. The summed E-state index contributed by atoms with van der Waals surface area (Å²) in [4.78, 5) is 5.94. The molecule has 1 N–H and O–H groups in total. The summed E-state index contributed by atoms with van der Waals surface area (Å²) in [5.74, 6) is 0. The zero-order valence-electron chi connectivity index (χ0n) is 6.33. The molecule has 1 atom stereocenters. The van der Waals surface area contributed by atoms with E-state index in [0.717, 1.165) is 6.54 Å². The van der Waals surface area contributed by atoms with Gasteiger partial charge in [-0.05, 0) is 19.7 Å². The summed E-state index contributed by atoms with van der Waals surface area (Å²) in [6, 6.07) is 0. The van der Waals surface area contributed by atoms with Gasteiger partial charge in [-0.1, -0.05) is 6.92 Å². The third kappa shape index (κ3) is 1.57. The fraction of sp³-hybridized carbons (Fsp3) is 0.571. The lowest BCUT2D eigenvalue weighted by Gasteiger charge is -2.24. The molecule has 1 aliphatic rings. The second-order valence-corrected chi connectivity index (χ2v) is 2.24. The monoisotopic (exact) mass is 138 g/mol. The summed E-state index contributed by atoms with van der Waals surface area (Å²) >= 11 is 0. The highest BCUT2D eigenvalue weighted by Crippen LogP contribution is 1.96. The van der Waals surface area contributed by atoms with Crippen molar-refractivity contribution in [2.75, 3.05) is 13.6 Å². The summed E-state index contributed by atoms with van der Waals surface area (Å²) in [5, 5.41) is 2.99. The molecular weight excluding hydrogens is 126 g/mol. The second-order valence-electron chi connectivity index (χ2n) is 2.24. The van der Waals surface area contributed by atoms with E-state index in [1.54, 1.807) is 6.20 Å². The van der Waals surface area contributed by atoms with Gasteiger partial charge in [0.1, 0.15) is 6.17 Å². The van der Waals surface area contributed by atoms with E-state index in [9.17, 15) is 0 Å². The van der Waals surface area contributed by atoms with Crippen LogP contribution in [0.25, 0.3) is 0 Å². The molecule has 55 valence electrons. The first-order valence-electron chi connectivity index (χ1n) is 3.42. The highest BCUT2D eigenvalue weighted by Gasteiger charge is 2.08. The molecule has 0 bridgehead atoms. The SMILES string of the molecule is CCN(C)C1C=CN=[C]N1. The van der Waals surface area contributed by atoms with Crippen molar-refractivity contribution in [1.82, 2.24) is 10.2 Å². The van der Waals surface area contributed by atoms with Gasteiger partial charge < -0.3 is 5.32 Å². The molecule has 3 nitrogen and oxygen atoms in total. The maximum absolute atomic E-state index is 3.78. The number of likely N-dealkylation sites (N-methyl/N-ethyl adjacent to an activating group) is 1. The Hall–Kier alpha value is -0.830. The molecule has 0 aliphatic carbocycles. The van der Waals surface area contributed by atoms with Crippen LogP contribution < -0.4 is 5.32 Å². The Morgan fingerprint density at radius 3 is 3.10 bits per heavy atom. The quantitative estimate of drug-likeness (QED) is 0.593. The molecule has 1 heterocycles. The predicted octanol–water partition coefficient (Wildman–Crippen LogP) is 0.286. The Kier molecular flexibility index (Phi) is 2.45. The number of rotatable bonds is 2. The van der Waals surface area contributed by atoms with Crippen LogP contribution >= 0.6 is 0 Å². The number of nitrogens with one attached hydrogen (secondary N) is 1. The van der Waals surface area contributed by atoms with Gasteiger partial charge in [0.2, 0.25) is 0 Å². The van der Waals surface area contributed by atoms with Crippen LogP contribution in [0.2, 0.25) is 0 Å². The summed E-state index contributed by atoms with van der Waals surface area (Å²) in [6.45, 7) is 3.13. The van der Waals surface area contributed by atoms with Crippen LogP contribution in [0.1, 0.15) is 6.92 Å². The molecule has 3 heteroatoms. The largest absolute Gasteiger partial charge is 0.348 e. The molecule has 1 aliphatic heterocycles. The lowest BCUT2D eigenvalue weighted by molar-refractivity contribution is 0.281. The van der Waals surface area contributed by atoms with E-state index in [1.807, 2.05) is 6.08 Å². The Morgan fingerprint density at radius 2 is 2.60 bits per heavy atom. The third-order valence-electron chi connectivity index (χ3n) is 1.59. The normalized spacial score (nSPS) is 23.3. The Balaban J connectivity index is 2.42. The van der Waals surface area contributed by atoms with Crippen LogP contribution in [0, 0.1) is 0 Å². The Labute approximate surface area is 61.4 Å². The van der Waals surface area contributed by atoms with Gasteiger partial charge in [-0.15, -0.1) is 0 Å². The van der Waals surface area contributed by atoms with Crippen molar-refractivity contribution in [2.45, 2.75) is 13.1 Å².